The molecule has 19 heavy (non-hydrogen) atoms. The summed E-state index contributed by atoms with van der Waals surface area (Å²) in [7, 11) is 0. The third kappa shape index (κ3) is 2.90. The quantitative estimate of drug-likeness (QED) is 0.922. The Labute approximate surface area is 126 Å². The van der Waals surface area contributed by atoms with E-state index in [1.54, 1.807) is 6.07 Å². The van der Waals surface area contributed by atoms with Crippen molar-refractivity contribution in [1.82, 2.24) is 15.1 Å². The minimum Gasteiger partial charge on any atom is -0.350 e. The van der Waals surface area contributed by atoms with Gasteiger partial charge in [-0.25, -0.2) is 0 Å². The Hall–Kier alpha value is -0.330. The summed E-state index contributed by atoms with van der Waals surface area (Å²) >= 11 is 13.1. The lowest BCUT2D eigenvalue weighted by Gasteiger charge is -2.47. The number of halogens is 2. The lowest BCUT2D eigenvalue weighted by Crippen LogP contribution is -2.63. The molecule has 1 aromatic heterocycles. The highest BCUT2D eigenvalue weighted by molar-refractivity contribution is 7.20. The molecule has 104 valence electrons. The number of piperazine rings is 3. The summed E-state index contributed by atoms with van der Waals surface area (Å²) in [5.74, 6) is -0.134. The van der Waals surface area contributed by atoms with Crippen LogP contribution in [0.4, 0.5) is 0 Å². The minimum absolute atomic E-state index is 0.134. The van der Waals surface area contributed by atoms with Gasteiger partial charge in [0.2, 0.25) is 0 Å². The molecule has 4 rings (SSSR count). The highest BCUT2D eigenvalue weighted by atomic mass is 35.5. The van der Waals surface area contributed by atoms with Gasteiger partial charge in [-0.2, -0.15) is 0 Å². The standard InChI is InChI=1S/C12H15Cl2N3OS/c13-10-5-9(11(14)19-10)12(18)15-6-8-7-16-1-3-17(8)4-2-16/h5,8H,1-4,6-7H2,(H,15,18)/t8-/m0/s1. The van der Waals surface area contributed by atoms with Crippen molar-refractivity contribution in [3.63, 3.8) is 0 Å². The predicted octanol–water partition coefficient (Wildman–Crippen LogP) is 1.78. The first-order valence-electron chi connectivity index (χ1n) is 6.33. The Kier molecular flexibility index (Phi) is 4.01. The molecular formula is C12H15Cl2N3OS. The first kappa shape index (κ1) is 13.6. The van der Waals surface area contributed by atoms with Gasteiger partial charge in [0.05, 0.1) is 9.90 Å². The fraction of sp³-hybridized carbons (Fsp3) is 0.583. The fourth-order valence-corrected chi connectivity index (χ4v) is 4.18. The summed E-state index contributed by atoms with van der Waals surface area (Å²) in [6.07, 6.45) is 0. The Morgan fingerprint density at radius 2 is 2.11 bits per heavy atom. The van der Waals surface area contributed by atoms with Crippen LogP contribution in [0.2, 0.25) is 8.67 Å². The molecule has 0 unspecified atom stereocenters. The van der Waals surface area contributed by atoms with Crippen molar-refractivity contribution in [2.24, 2.45) is 0 Å². The molecule has 0 aliphatic carbocycles. The van der Waals surface area contributed by atoms with Crippen LogP contribution < -0.4 is 5.32 Å². The van der Waals surface area contributed by atoms with Gasteiger partial charge in [-0.15, -0.1) is 11.3 Å². The van der Waals surface area contributed by atoms with Gasteiger partial charge in [-0.05, 0) is 6.07 Å². The molecular weight excluding hydrogens is 305 g/mol. The van der Waals surface area contributed by atoms with E-state index in [0.717, 1.165) is 32.7 Å². The van der Waals surface area contributed by atoms with E-state index in [1.807, 2.05) is 0 Å². The first-order chi connectivity index (χ1) is 9.13. The Morgan fingerprint density at radius 3 is 2.63 bits per heavy atom. The van der Waals surface area contributed by atoms with E-state index in [1.165, 1.54) is 11.3 Å². The molecule has 4 heterocycles. The third-order valence-electron chi connectivity index (χ3n) is 3.79. The average Bonchev–Trinajstić information content (AvgIpc) is 2.76. The van der Waals surface area contributed by atoms with Gasteiger partial charge in [-0.1, -0.05) is 23.2 Å². The maximum absolute atomic E-state index is 12.0. The number of hydrogen-bond acceptors (Lipinski definition) is 4. The van der Waals surface area contributed by atoms with E-state index in [0.29, 0.717) is 26.8 Å². The summed E-state index contributed by atoms with van der Waals surface area (Å²) < 4.78 is 0.999. The summed E-state index contributed by atoms with van der Waals surface area (Å²) in [6.45, 7) is 6.21. The molecule has 0 saturated carbocycles. The number of carbonyl (C=O) groups is 1. The average molecular weight is 320 g/mol. The van der Waals surface area contributed by atoms with Crippen molar-refractivity contribution < 1.29 is 4.79 Å². The maximum atomic E-state index is 12.0. The Bertz CT molecular complexity index is 485. The smallest absolute Gasteiger partial charge is 0.253 e. The maximum Gasteiger partial charge on any atom is 0.253 e. The van der Waals surface area contributed by atoms with Gasteiger partial charge in [0.15, 0.2) is 0 Å². The summed E-state index contributed by atoms with van der Waals surface area (Å²) in [5, 5.41) is 2.96. The van der Waals surface area contributed by atoms with Crippen molar-refractivity contribution in [2.45, 2.75) is 6.04 Å². The highest BCUT2D eigenvalue weighted by Crippen LogP contribution is 2.31. The zero-order valence-electron chi connectivity index (χ0n) is 10.4. The number of carbonyl (C=O) groups excluding carboxylic acids is 1. The number of amides is 1. The van der Waals surface area contributed by atoms with Crippen LogP contribution in [-0.2, 0) is 0 Å². The molecule has 1 amide bonds. The van der Waals surface area contributed by atoms with E-state index in [-0.39, 0.29) is 5.91 Å². The molecule has 1 atom stereocenters. The van der Waals surface area contributed by atoms with E-state index >= 15 is 0 Å². The lowest BCUT2D eigenvalue weighted by molar-refractivity contribution is 0.0138. The van der Waals surface area contributed by atoms with Gasteiger partial charge in [-0.3, -0.25) is 14.6 Å². The SMILES string of the molecule is O=C(NC[C@H]1CN2CCN1CC2)c1cc(Cl)sc1Cl. The van der Waals surface area contributed by atoms with Crippen LogP contribution in [-0.4, -0.2) is 61.0 Å². The monoisotopic (exact) mass is 319 g/mol. The second-order valence-electron chi connectivity index (χ2n) is 4.94. The van der Waals surface area contributed by atoms with Crippen LogP contribution in [0.1, 0.15) is 10.4 Å². The zero-order chi connectivity index (χ0) is 13.4. The van der Waals surface area contributed by atoms with Gasteiger partial charge in [0, 0.05) is 45.3 Å². The van der Waals surface area contributed by atoms with Gasteiger partial charge in [0.25, 0.3) is 5.91 Å². The molecule has 0 spiro atoms. The van der Waals surface area contributed by atoms with E-state index in [9.17, 15) is 4.79 Å². The van der Waals surface area contributed by atoms with Crippen molar-refractivity contribution in [3.8, 4) is 0 Å². The molecule has 0 radical (unpaired) electrons. The Morgan fingerprint density at radius 1 is 1.37 bits per heavy atom. The number of nitrogens with zero attached hydrogens (tertiary/aromatic N) is 2. The molecule has 4 nitrogen and oxygen atoms in total. The predicted molar refractivity (Wildman–Crippen MR) is 78.5 cm³/mol. The van der Waals surface area contributed by atoms with Crippen LogP contribution in [0.15, 0.2) is 6.07 Å². The van der Waals surface area contributed by atoms with E-state index in [4.69, 9.17) is 23.2 Å². The Balaban J connectivity index is 1.57. The molecule has 2 bridgehead atoms. The first-order valence-corrected chi connectivity index (χ1v) is 7.90. The van der Waals surface area contributed by atoms with Crippen molar-refractivity contribution in [3.05, 3.63) is 20.3 Å². The number of nitrogens with one attached hydrogen (secondary N) is 1. The topological polar surface area (TPSA) is 35.6 Å². The van der Waals surface area contributed by atoms with Gasteiger partial charge < -0.3 is 5.32 Å². The number of hydrogen-bond donors (Lipinski definition) is 1. The van der Waals surface area contributed by atoms with E-state index in [2.05, 4.69) is 15.1 Å². The van der Waals surface area contributed by atoms with Crippen molar-refractivity contribution in [1.29, 1.82) is 0 Å². The van der Waals surface area contributed by atoms with Gasteiger partial charge >= 0.3 is 0 Å². The number of rotatable bonds is 3. The van der Waals surface area contributed by atoms with Crippen LogP contribution in [0.25, 0.3) is 0 Å². The lowest BCUT2D eigenvalue weighted by atomic mass is 10.1. The molecule has 3 aliphatic rings. The molecule has 7 heteroatoms. The van der Waals surface area contributed by atoms with Gasteiger partial charge in [0.1, 0.15) is 4.34 Å². The second-order valence-corrected chi connectivity index (χ2v) is 7.22. The summed E-state index contributed by atoms with van der Waals surface area (Å²) in [6, 6.07) is 2.04. The van der Waals surface area contributed by atoms with E-state index < -0.39 is 0 Å². The largest absolute Gasteiger partial charge is 0.350 e. The van der Waals surface area contributed by atoms with Crippen molar-refractivity contribution >= 4 is 40.4 Å². The normalized spacial score (nSPS) is 29.5. The fourth-order valence-electron chi connectivity index (χ4n) is 2.72. The van der Waals surface area contributed by atoms with Crippen molar-refractivity contribution in [2.75, 3.05) is 39.3 Å². The summed E-state index contributed by atoms with van der Waals surface area (Å²) in [5.41, 5.74) is 0.480. The second kappa shape index (κ2) is 5.58. The molecule has 3 aliphatic heterocycles. The van der Waals surface area contributed by atoms with Crippen LogP contribution in [0, 0.1) is 0 Å². The molecule has 1 aromatic rings. The third-order valence-corrected chi connectivity index (χ3v) is 5.28. The minimum atomic E-state index is -0.134. The van der Waals surface area contributed by atoms with Crippen LogP contribution >= 0.6 is 34.5 Å². The number of fused-ring (bicyclic) bond motifs is 3. The summed E-state index contributed by atoms with van der Waals surface area (Å²) in [4.78, 5) is 16.9. The molecule has 3 saturated heterocycles. The molecule has 3 fully saturated rings. The molecule has 0 aromatic carbocycles. The number of thiophene rings is 1. The van der Waals surface area contributed by atoms with Crippen LogP contribution in [0.5, 0.6) is 0 Å². The molecule has 1 N–H and O–H groups in total. The van der Waals surface area contributed by atoms with Crippen LogP contribution in [0.3, 0.4) is 0 Å². The highest BCUT2D eigenvalue weighted by Gasteiger charge is 2.31. The zero-order valence-corrected chi connectivity index (χ0v) is 12.7.